The van der Waals surface area contributed by atoms with Crippen molar-refractivity contribution in [3.63, 3.8) is 0 Å². The maximum Gasteiger partial charge on any atom is 0.514 e. The molecule has 8 rings (SSSR count). The minimum Gasteiger partial charge on any atom is -0.467 e. The van der Waals surface area contributed by atoms with E-state index in [9.17, 15) is 82.6 Å². The van der Waals surface area contributed by atoms with Gasteiger partial charge in [0.25, 0.3) is 11.4 Å². The predicted octanol–water partition coefficient (Wildman–Crippen LogP) is 9.34. The molecule has 6 aromatic rings. The van der Waals surface area contributed by atoms with E-state index in [1.807, 2.05) is 0 Å². The molecule has 2 aromatic heterocycles. The molecule has 0 aliphatic carbocycles. The number of carbonyl (C=O) groups excluding carboxylic acids is 13. The number of methoxy groups -OCH3 is 2. The summed E-state index contributed by atoms with van der Waals surface area (Å²) >= 11 is 0. The van der Waals surface area contributed by atoms with Crippen molar-refractivity contribution >= 4 is 88.9 Å². The Bertz CT molecular complexity index is 4950. The molecule has 4 heterocycles. The molecule has 1 unspecified atom stereocenters. The van der Waals surface area contributed by atoms with Crippen LogP contribution in [-0.4, -0.2) is 283 Å². The zero-order chi connectivity index (χ0) is 104. The van der Waals surface area contributed by atoms with E-state index in [0.29, 0.717) is 27.6 Å². The number of hydrogen-bond donors (Lipinski definition) is 2. The first-order valence-electron chi connectivity index (χ1n) is 45.9. The Labute approximate surface area is 822 Å². The van der Waals surface area contributed by atoms with Crippen LogP contribution in [0.3, 0.4) is 0 Å². The number of non-ortho nitro benzene ring substituents is 2. The molecule has 2 aliphatic heterocycles. The van der Waals surface area contributed by atoms with Gasteiger partial charge >= 0.3 is 48.4 Å². The van der Waals surface area contributed by atoms with Crippen molar-refractivity contribution in [1.29, 1.82) is 0 Å². The van der Waals surface area contributed by atoms with E-state index in [0.717, 1.165) is 38.5 Å². The highest BCUT2D eigenvalue weighted by molar-refractivity contribution is 6.00. The standard InChI is InChI=1S/C94H123N11O38/c1-57-59(3)87(140-83(85(113)123-13)81(57)134-61(5)106)138-77-31-17-63(54-131-91(117)136-71-25-21-68(22-26-71)104(119)120)48-73(77)75(109)29-19-65-52-101(99-97-65)34-38-127-42-40-125-36-15-16-70(108)50-67(96-80(112)56-130-45-44-129-46-47-133-103(89(115)142-93(7,8)9)90(116)143-94(10,11)12)51-79(111)95-33-37-126-41-43-128-39-35-102-53-66(98-100-102)20-30-76(110)74-49-64(55-132-92(118)137-72-27-23-69(24-28-72)105(121)122)18-32-78(74)139-88-60(4)58(2)82(135-62(6)107)84(141-88)86(114)124-14/h17-18,21-28,31-32,48-49,52-53,57-60,67,81-84,87-88H,15-16,19-20,29-30,33-47,50-51,54-56H2,1-14H3,(H,95,111)(H,96,112)/t57-,58-,59-,60-,67?,81+,82+,83+,84+,87-,88-/m1/s1. The second-order valence-corrected chi connectivity index (χ2v) is 34.8. The maximum atomic E-state index is 14.2. The predicted molar refractivity (Wildman–Crippen MR) is 490 cm³/mol. The number of nitro groups is 2. The number of esters is 4. The number of aromatic nitrogens is 6. The number of rotatable bonds is 57. The molecule has 0 radical (unpaired) electrons. The smallest absolute Gasteiger partial charge is 0.467 e. The summed E-state index contributed by atoms with van der Waals surface area (Å²) in [4.78, 5) is 196. The minimum atomic E-state index is -1.38. The summed E-state index contributed by atoms with van der Waals surface area (Å²) in [5, 5.41) is 44.8. The van der Waals surface area contributed by atoms with Crippen LogP contribution in [-0.2, 0) is 153 Å². The Morgan fingerprint density at radius 1 is 0.497 bits per heavy atom. The van der Waals surface area contributed by atoms with Gasteiger partial charge < -0.3 is 105 Å². The highest BCUT2D eigenvalue weighted by Gasteiger charge is 2.51. The van der Waals surface area contributed by atoms with Gasteiger partial charge in [-0.05, 0) is 108 Å². The molecule has 0 saturated carbocycles. The first kappa shape index (κ1) is 115. The van der Waals surface area contributed by atoms with Gasteiger partial charge in [0.1, 0.15) is 72.0 Å². The van der Waals surface area contributed by atoms with Gasteiger partial charge in [-0.1, -0.05) is 55.3 Å². The number of hydrogen-bond acceptors (Lipinski definition) is 42. The van der Waals surface area contributed by atoms with Gasteiger partial charge in [-0.15, -0.1) is 10.2 Å². The number of hydroxylamine groups is 2. The van der Waals surface area contributed by atoms with Crippen LogP contribution in [0, 0.1) is 43.9 Å². The average molecular weight is 2020 g/mol. The van der Waals surface area contributed by atoms with E-state index < -0.39 is 166 Å². The molecule has 0 bridgehead atoms. The van der Waals surface area contributed by atoms with Gasteiger partial charge in [0.05, 0.1) is 132 Å². The monoisotopic (exact) mass is 2010 g/mol. The van der Waals surface area contributed by atoms with E-state index in [1.165, 1.54) is 83.9 Å². The van der Waals surface area contributed by atoms with Crippen molar-refractivity contribution in [1.82, 2.24) is 45.7 Å². The number of carbonyl (C=O) groups is 13. The van der Waals surface area contributed by atoms with Crippen molar-refractivity contribution < 1.29 is 172 Å². The largest absolute Gasteiger partial charge is 0.514 e. The van der Waals surface area contributed by atoms with Crippen LogP contribution in [0.4, 0.5) is 30.6 Å². The van der Waals surface area contributed by atoms with Crippen LogP contribution < -0.4 is 29.6 Å². The number of ether oxygens (including phenoxy) is 20. The topological polar surface area (TPSA) is 591 Å². The number of nitrogens with zero attached hydrogens (tertiary/aromatic N) is 9. The molecular weight excluding hydrogens is 1890 g/mol. The van der Waals surface area contributed by atoms with Crippen molar-refractivity contribution in [3.05, 3.63) is 151 Å². The quantitative estimate of drug-likeness (QED) is 0.00682. The van der Waals surface area contributed by atoms with E-state index in [1.54, 1.807) is 81.6 Å². The highest BCUT2D eigenvalue weighted by Crippen LogP contribution is 2.39. The molecule has 143 heavy (non-hydrogen) atoms. The fourth-order valence-electron chi connectivity index (χ4n) is 13.9. The van der Waals surface area contributed by atoms with Crippen LogP contribution in [0.2, 0.25) is 0 Å². The van der Waals surface area contributed by atoms with Crippen LogP contribution >= 0.6 is 0 Å². The lowest BCUT2D eigenvalue weighted by Gasteiger charge is -2.42. The van der Waals surface area contributed by atoms with Crippen molar-refractivity contribution in [2.75, 3.05) is 107 Å². The zero-order valence-corrected chi connectivity index (χ0v) is 82.0. The Morgan fingerprint density at radius 3 is 1.33 bits per heavy atom. The van der Waals surface area contributed by atoms with E-state index >= 15 is 0 Å². The first-order chi connectivity index (χ1) is 68.0. The molecule has 2 aliphatic rings. The van der Waals surface area contributed by atoms with Gasteiger partial charge in [0, 0.05) is 138 Å². The molecule has 2 N–H and O–H groups in total. The number of amides is 4. The van der Waals surface area contributed by atoms with Crippen molar-refractivity contribution in [3.8, 4) is 23.0 Å². The second kappa shape index (κ2) is 57.4. The summed E-state index contributed by atoms with van der Waals surface area (Å²) in [6.07, 6.45) is -8.61. The van der Waals surface area contributed by atoms with Gasteiger partial charge in [0.15, 0.2) is 23.8 Å². The average Bonchev–Trinajstić information content (AvgIpc) is 0.940. The van der Waals surface area contributed by atoms with Crippen molar-refractivity contribution in [2.45, 2.75) is 215 Å². The molecule has 11 atom stereocenters. The second-order valence-electron chi connectivity index (χ2n) is 34.8. The van der Waals surface area contributed by atoms with Crippen LogP contribution in [0.25, 0.3) is 0 Å². The summed E-state index contributed by atoms with van der Waals surface area (Å²) in [6.45, 7) is 18.9. The Morgan fingerprint density at radius 2 is 0.909 bits per heavy atom. The number of ketones is 3. The molecule has 2 fully saturated rings. The number of nitrogens with one attached hydrogen (secondary N) is 2. The lowest BCUT2D eigenvalue weighted by Crippen LogP contribution is -2.55. The highest BCUT2D eigenvalue weighted by atomic mass is 16.8. The molecule has 4 amide bonds. The molecule has 782 valence electrons. The molecular formula is C94H123N11O38. The maximum absolute atomic E-state index is 14.2. The van der Waals surface area contributed by atoms with E-state index in [4.69, 9.17) is 99.6 Å². The van der Waals surface area contributed by atoms with Gasteiger partial charge in [-0.25, -0.2) is 38.1 Å². The molecule has 2 saturated heterocycles. The fraction of sp³-hybridized carbons (Fsp3) is 0.564. The zero-order valence-electron chi connectivity index (χ0n) is 82.0. The lowest BCUT2D eigenvalue weighted by molar-refractivity contribution is -0.385. The summed E-state index contributed by atoms with van der Waals surface area (Å²) < 4.78 is 114. The SMILES string of the molecule is COC(=O)[C@H]1O[C@@H](Oc2ccc(COC(=O)Oc3ccc([N+](=O)[O-])cc3)cc2C(=O)CCc2cn(CCOCCOCCCC(=O)CC(CC(=O)NCCOCCOCCn3cc(CCC(=O)c4cc(COC(=O)Oc5ccc([N+](=O)[O-])cc5)ccc4O[C@@H]4O[C@H](C(=O)OC)[C@@H](OC(C)=O)[C@H](C)[C@H]4C)nn3)NC(=O)COCCOCCON(C(=O)OC(C)(C)C)C(=O)OC(C)(C)C)nn2)[C@H](C)[C@@H](C)[C@@H]1OC(C)=O. The third-order valence-electron chi connectivity index (χ3n) is 21.4. The summed E-state index contributed by atoms with van der Waals surface area (Å²) in [7, 11) is 2.30. The van der Waals surface area contributed by atoms with Crippen LogP contribution in [0.1, 0.15) is 165 Å². The van der Waals surface area contributed by atoms with Gasteiger partial charge in [0.2, 0.25) is 24.4 Å². The number of aryl methyl sites for hydroxylation is 2. The van der Waals surface area contributed by atoms with Crippen molar-refractivity contribution in [2.24, 2.45) is 23.7 Å². The molecule has 49 nitrogen and oxygen atoms in total. The number of Topliss-reactive ketones (excluding diaryl/α,β-unsaturated/α-hetero) is 3. The van der Waals surface area contributed by atoms with Gasteiger partial charge in [-0.2, -0.15) is 0 Å². The molecule has 49 heteroatoms. The Kier molecular flexibility index (Phi) is 46.0. The fourth-order valence-corrected chi connectivity index (χ4v) is 13.9. The Balaban J connectivity index is 0.772. The lowest BCUT2D eigenvalue weighted by atomic mass is 9.84. The van der Waals surface area contributed by atoms with Crippen LogP contribution in [0.15, 0.2) is 97.3 Å². The summed E-state index contributed by atoms with van der Waals surface area (Å²) in [5.41, 5.74) is -0.740. The first-order valence-corrected chi connectivity index (χ1v) is 45.9. The summed E-state index contributed by atoms with van der Waals surface area (Å²) in [5.74, 6) is -7.26. The third-order valence-corrected chi connectivity index (χ3v) is 21.4. The molecule has 4 aromatic carbocycles. The summed E-state index contributed by atoms with van der Waals surface area (Å²) in [6, 6.07) is 17.4. The van der Waals surface area contributed by atoms with Gasteiger partial charge in [-0.3, -0.25) is 58.6 Å². The number of benzene rings is 4. The molecule has 0 spiro atoms. The normalized spacial score (nSPS) is 17.9. The van der Waals surface area contributed by atoms with Crippen LogP contribution in [0.5, 0.6) is 23.0 Å². The minimum absolute atomic E-state index is 0.0222. The number of nitro benzene ring substituents is 2. The third kappa shape index (κ3) is 39.6. The van der Waals surface area contributed by atoms with E-state index in [2.05, 4.69) is 31.3 Å². The Hall–Kier alpha value is -13.7. The number of imide groups is 1. The van der Waals surface area contributed by atoms with E-state index in [-0.39, 0.29) is 215 Å².